The Morgan fingerprint density at radius 3 is 2.41 bits per heavy atom. The Morgan fingerprint density at radius 2 is 1.64 bits per heavy atom. The van der Waals surface area contributed by atoms with Gasteiger partial charge in [0.05, 0.1) is 6.10 Å². The van der Waals surface area contributed by atoms with Gasteiger partial charge in [0.1, 0.15) is 0 Å². The Morgan fingerprint density at radius 1 is 0.909 bits per heavy atom. The van der Waals surface area contributed by atoms with E-state index in [1.54, 1.807) is 0 Å². The monoisotopic (exact) mass is 302 g/mol. The van der Waals surface area contributed by atoms with Crippen LogP contribution in [0.2, 0.25) is 0 Å². The van der Waals surface area contributed by atoms with Crippen molar-refractivity contribution in [2.45, 2.75) is 77.7 Å². The molecular formula is C21H34O. The molecule has 4 saturated carbocycles. The van der Waals surface area contributed by atoms with Gasteiger partial charge in [-0.3, -0.25) is 0 Å². The zero-order valence-electron chi connectivity index (χ0n) is 14.6. The fraction of sp³-hybridized carbons (Fsp3) is 0.905. The third kappa shape index (κ3) is 1.93. The Balaban J connectivity index is 1.62. The summed E-state index contributed by atoms with van der Waals surface area (Å²) in [5.41, 5.74) is 1.07. The lowest BCUT2D eigenvalue weighted by atomic mass is 9.44. The van der Waals surface area contributed by atoms with Gasteiger partial charge in [-0.25, -0.2) is 0 Å². The molecule has 1 N–H and O–H groups in total. The van der Waals surface area contributed by atoms with Gasteiger partial charge >= 0.3 is 0 Å². The van der Waals surface area contributed by atoms with Gasteiger partial charge in [0, 0.05) is 0 Å². The van der Waals surface area contributed by atoms with Crippen LogP contribution in [0.3, 0.4) is 0 Å². The van der Waals surface area contributed by atoms with Gasteiger partial charge in [0.15, 0.2) is 0 Å². The van der Waals surface area contributed by atoms with Crippen molar-refractivity contribution in [1.82, 2.24) is 0 Å². The molecule has 1 heteroatoms. The van der Waals surface area contributed by atoms with Crippen LogP contribution in [0.1, 0.15) is 71.6 Å². The predicted octanol–water partition coefficient (Wildman–Crippen LogP) is 5.19. The highest BCUT2D eigenvalue weighted by Gasteiger charge is 2.59. The highest BCUT2D eigenvalue weighted by Crippen LogP contribution is 2.67. The first kappa shape index (κ1) is 15.2. The Hall–Kier alpha value is -0.300. The zero-order chi connectivity index (χ0) is 15.5. The average Bonchev–Trinajstić information content (AvgIpc) is 2.84. The number of aliphatic hydroxyl groups excluding tert-OH is 1. The van der Waals surface area contributed by atoms with Crippen molar-refractivity contribution in [2.75, 3.05) is 0 Å². The second kappa shape index (κ2) is 5.10. The molecule has 4 fully saturated rings. The van der Waals surface area contributed by atoms with E-state index in [1.807, 2.05) is 0 Å². The van der Waals surface area contributed by atoms with Crippen molar-refractivity contribution >= 4 is 0 Å². The van der Waals surface area contributed by atoms with E-state index in [4.69, 9.17) is 0 Å². The molecule has 1 nitrogen and oxygen atoms in total. The number of hydrogen-bond donors (Lipinski definition) is 1. The van der Waals surface area contributed by atoms with Crippen LogP contribution in [-0.2, 0) is 0 Å². The summed E-state index contributed by atoms with van der Waals surface area (Å²) in [4.78, 5) is 0. The minimum Gasteiger partial charge on any atom is -0.393 e. The quantitative estimate of drug-likeness (QED) is 0.661. The fourth-order valence-corrected chi connectivity index (χ4v) is 7.66. The number of rotatable bonds is 1. The first-order chi connectivity index (χ1) is 10.5. The molecule has 124 valence electrons. The summed E-state index contributed by atoms with van der Waals surface area (Å²) >= 11 is 0. The molecule has 4 rings (SSSR count). The van der Waals surface area contributed by atoms with Crippen LogP contribution in [0.25, 0.3) is 0 Å². The average molecular weight is 303 g/mol. The number of fused-ring (bicyclic) bond motifs is 5. The van der Waals surface area contributed by atoms with E-state index in [1.165, 1.54) is 44.9 Å². The SMILES string of the molecule is C=CC1CCC2[C@@H]3CC[C@@H]4C[C@H](O)CC[C@]4(C)C3CC[C@]12C. The molecule has 0 spiro atoms. The van der Waals surface area contributed by atoms with Crippen molar-refractivity contribution in [3.05, 3.63) is 12.7 Å². The summed E-state index contributed by atoms with van der Waals surface area (Å²) in [5.74, 6) is 4.38. The first-order valence-electron chi connectivity index (χ1n) is 9.79. The number of aliphatic hydroxyl groups is 1. The molecule has 0 radical (unpaired) electrons. The maximum absolute atomic E-state index is 10.1. The lowest BCUT2D eigenvalue weighted by Crippen LogP contribution is -2.53. The highest BCUT2D eigenvalue weighted by molar-refractivity contribution is 5.11. The van der Waals surface area contributed by atoms with Crippen LogP contribution in [0, 0.1) is 40.4 Å². The van der Waals surface area contributed by atoms with Crippen LogP contribution >= 0.6 is 0 Å². The maximum atomic E-state index is 10.1. The summed E-state index contributed by atoms with van der Waals surface area (Å²) in [6.07, 6.45) is 14.1. The van der Waals surface area contributed by atoms with Crippen LogP contribution in [-0.4, -0.2) is 11.2 Å². The number of hydrogen-bond acceptors (Lipinski definition) is 1. The van der Waals surface area contributed by atoms with Crippen molar-refractivity contribution in [2.24, 2.45) is 40.4 Å². The van der Waals surface area contributed by atoms with Crippen molar-refractivity contribution in [3.63, 3.8) is 0 Å². The van der Waals surface area contributed by atoms with Gasteiger partial charge in [-0.2, -0.15) is 0 Å². The molecule has 3 unspecified atom stereocenters. The Bertz CT molecular complexity index is 457. The molecular weight excluding hydrogens is 268 g/mol. The van der Waals surface area contributed by atoms with E-state index >= 15 is 0 Å². The van der Waals surface area contributed by atoms with Crippen LogP contribution in [0.4, 0.5) is 0 Å². The third-order valence-corrected chi connectivity index (χ3v) is 9.00. The smallest absolute Gasteiger partial charge is 0.0543 e. The predicted molar refractivity (Wildman–Crippen MR) is 91.4 cm³/mol. The lowest BCUT2D eigenvalue weighted by Gasteiger charge is -2.60. The molecule has 0 aromatic carbocycles. The standard InChI is InChI=1S/C21H34O/c1-4-14-6-8-18-17-7-5-15-13-16(22)9-11-21(15,3)19(17)10-12-20(14,18)2/h4,14-19,22H,1,5-13H2,2-3H3/t14?,15-,16-,17+,18?,19?,20-,21+/m1/s1. The molecule has 0 bridgehead atoms. The molecule has 4 aliphatic rings. The highest BCUT2D eigenvalue weighted by atomic mass is 16.3. The van der Waals surface area contributed by atoms with E-state index in [-0.39, 0.29) is 6.10 Å². The Kier molecular flexibility index (Phi) is 3.53. The van der Waals surface area contributed by atoms with E-state index in [0.717, 1.165) is 42.4 Å². The largest absolute Gasteiger partial charge is 0.393 e. The van der Waals surface area contributed by atoms with Crippen molar-refractivity contribution < 1.29 is 5.11 Å². The van der Waals surface area contributed by atoms with Gasteiger partial charge in [-0.05, 0) is 98.2 Å². The van der Waals surface area contributed by atoms with Crippen molar-refractivity contribution in [3.8, 4) is 0 Å². The van der Waals surface area contributed by atoms with Crippen LogP contribution in [0.5, 0.6) is 0 Å². The van der Waals surface area contributed by atoms with Gasteiger partial charge < -0.3 is 5.11 Å². The normalized spacial score (nSPS) is 57.6. The second-order valence-electron chi connectivity index (χ2n) is 9.55. The molecule has 0 heterocycles. The molecule has 8 atom stereocenters. The minimum absolute atomic E-state index is 0.0138. The molecule has 0 aromatic rings. The molecule has 0 aromatic heterocycles. The molecule has 22 heavy (non-hydrogen) atoms. The van der Waals surface area contributed by atoms with Gasteiger partial charge in [0.25, 0.3) is 0 Å². The van der Waals surface area contributed by atoms with E-state index in [2.05, 4.69) is 26.5 Å². The molecule has 4 aliphatic carbocycles. The lowest BCUT2D eigenvalue weighted by molar-refractivity contribution is -0.124. The Labute approximate surface area is 136 Å². The van der Waals surface area contributed by atoms with Gasteiger partial charge in [-0.15, -0.1) is 6.58 Å². The van der Waals surface area contributed by atoms with Crippen LogP contribution < -0.4 is 0 Å². The zero-order valence-corrected chi connectivity index (χ0v) is 14.6. The molecule has 0 amide bonds. The number of allylic oxidation sites excluding steroid dienone is 1. The van der Waals surface area contributed by atoms with E-state index < -0.39 is 0 Å². The summed E-state index contributed by atoms with van der Waals surface area (Å²) in [5, 5.41) is 10.1. The van der Waals surface area contributed by atoms with E-state index in [0.29, 0.717) is 10.8 Å². The van der Waals surface area contributed by atoms with Crippen molar-refractivity contribution in [1.29, 1.82) is 0 Å². The maximum Gasteiger partial charge on any atom is 0.0543 e. The first-order valence-corrected chi connectivity index (χ1v) is 9.79. The summed E-state index contributed by atoms with van der Waals surface area (Å²) in [6.45, 7) is 9.30. The summed E-state index contributed by atoms with van der Waals surface area (Å²) < 4.78 is 0. The minimum atomic E-state index is -0.0138. The topological polar surface area (TPSA) is 20.2 Å². The van der Waals surface area contributed by atoms with Crippen LogP contribution in [0.15, 0.2) is 12.7 Å². The van der Waals surface area contributed by atoms with Gasteiger partial charge in [0.2, 0.25) is 0 Å². The summed E-state index contributed by atoms with van der Waals surface area (Å²) in [7, 11) is 0. The second-order valence-corrected chi connectivity index (χ2v) is 9.55. The van der Waals surface area contributed by atoms with E-state index in [9.17, 15) is 5.11 Å². The molecule has 0 saturated heterocycles. The third-order valence-electron chi connectivity index (χ3n) is 9.00. The molecule has 0 aliphatic heterocycles. The fourth-order valence-electron chi connectivity index (χ4n) is 7.66. The summed E-state index contributed by atoms with van der Waals surface area (Å²) in [6, 6.07) is 0. The van der Waals surface area contributed by atoms with Gasteiger partial charge in [-0.1, -0.05) is 19.9 Å².